The zero-order chi connectivity index (χ0) is 26.0. The van der Waals surface area contributed by atoms with Crippen LogP contribution in [0.5, 0.6) is 0 Å². The molecule has 0 aliphatic carbocycles. The van der Waals surface area contributed by atoms with Gasteiger partial charge in [-0.3, -0.25) is 19.7 Å². The van der Waals surface area contributed by atoms with E-state index in [1.807, 2.05) is 0 Å². The van der Waals surface area contributed by atoms with Gasteiger partial charge in [-0.05, 0) is 24.3 Å². The van der Waals surface area contributed by atoms with Crippen molar-refractivity contribution >= 4 is 35.2 Å². The zero-order valence-electron chi connectivity index (χ0n) is 19.4. The second-order valence-corrected chi connectivity index (χ2v) is 8.40. The Morgan fingerprint density at radius 1 is 1.00 bits per heavy atom. The van der Waals surface area contributed by atoms with Crippen molar-refractivity contribution in [2.24, 2.45) is 11.8 Å². The number of non-ortho nitro benzene ring substituents is 1. The van der Waals surface area contributed by atoms with Gasteiger partial charge in [-0.15, -0.1) is 0 Å². The molecule has 0 spiro atoms. The SMILES string of the molecule is CC(C)C[C@H](NC(=O)[C@H](CO)NC(=O)Nc1cccc([N+](=O)[O-])c1)C(=O)N[C@H](C(=O)O)C(C)C. The van der Waals surface area contributed by atoms with Gasteiger partial charge in [0, 0.05) is 17.8 Å². The Bertz CT molecular complexity index is 905. The van der Waals surface area contributed by atoms with E-state index in [4.69, 9.17) is 0 Å². The Kier molecular flexibility index (Phi) is 10.9. The molecule has 0 unspecified atom stereocenters. The summed E-state index contributed by atoms with van der Waals surface area (Å²) in [7, 11) is 0. The number of anilines is 1. The van der Waals surface area contributed by atoms with Gasteiger partial charge in [0.15, 0.2) is 0 Å². The van der Waals surface area contributed by atoms with E-state index in [2.05, 4.69) is 21.3 Å². The molecule has 0 radical (unpaired) electrons. The monoisotopic (exact) mass is 481 g/mol. The minimum absolute atomic E-state index is 0.0453. The molecule has 188 valence electrons. The summed E-state index contributed by atoms with van der Waals surface area (Å²) in [6.07, 6.45) is 0.181. The molecule has 34 heavy (non-hydrogen) atoms. The molecule has 0 aliphatic heterocycles. The molecular weight excluding hydrogens is 450 g/mol. The highest BCUT2D eigenvalue weighted by Crippen LogP contribution is 2.17. The number of carbonyl (C=O) groups is 4. The Balaban J connectivity index is 2.87. The lowest BCUT2D eigenvalue weighted by atomic mass is 10.00. The van der Waals surface area contributed by atoms with Gasteiger partial charge in [0.05, 0.1) is 11.5 Å². The molecule has 0 bridgehead atoms. The number of carboxylic acids is 1. The first-order chi connectivity index (χ1) is 15.8. The van der Waals surface area contributed by atoms with Crippen molar-refractivity contribution in [3.63, 3.8) is 0 Å². The van der Waals surface area contributed by atoms with Crippen molar-refractivity contribution in [3.8, 4) is 0 Å². The molecule has 6 N–H and O–H groups in total. The minimum atomic E-state index is -1.44. The Morgan fingerprint density at radius 3 is 2.12 bits per heavy atom. The summed E-state index contributed by atoms with van der Waals surface area (Å²) in [6, 6.07) is 0.491. The minimum Gasteiger partial charge on any atom is -0.480 e. The van der Waals surface area contributed by atoms with E-state index in [1.165, 1.54) is 18.2 Å². The van der Waals surface area contributed by atoms with Crippen molar-refractivity contribution in [1.29, 1.82) is 0 Å². The normalized spacial score (nSPS) is 13.5. The summed E-state index contributed by atoms with van der Waals surface area (Å²) in [5.74, 6) is -3.24. The van der Waals surface area contributed by atoms with Gasteiger partial charge in [0.1, 0.15) is 18.1 Å². The van der Waals surface area contributed by atoms with Gasteiger partial charge >= 0.3 is 12.0 Å². The Labute approximate surface area is 196 Å². The number of nitro benzene ring substituents is 1. The van der Waals surface area contributed by atoms with E-state index >= 15 is 0 Å². The van der Waals surface area contributed by atoms with Crippen LogP contribution < -0.4 is 21.3 Å². The van der Waals surface area contributed by atoms with E-state index in [1.54, 1.807) is 27.7 Å². The number of aliphatic carboxylic acids is 1. The quantitative estimate of drug-likeness (QED) is 0.186. The van der Waals surface area contributed by atoms with Gasteiger partial charge < -0.3 is 31.5 Å². The van der Waals surface area contributed by atoms with Gasteiger partial charge in [0.2, 0.25) is 11.8 Å². The van der Waals surface area contributed by atoms with Crippen LogP contribution in [0, 0.1) is 22.0 Å². The number of aliphatic hydroxyl groups is 1. The molecule has 3 atom stereocenters. The number of carbonyl (C=O) groups excluding carboxylic acids is 3. The van der Waals surface area contributed by atoms with Crippen molar-refractivity contribution in [2.45, 2.75) is 52.2 Å². The Hall–Kier alpha value is -3.74. The molecular formula is C21H31N5O8. The maximum Gasteiger partial charge on any atom is 0.326 e. The van der Waals surface area contributed by atoms with E-state index in [0.717, 1.165) is 6.07 Å². The highest BCUT2D eigenvalue weighted by molar-refractivity contribution is 5.96. The maximum atomic E-state index is 12.7. The summed E-state index contributed by atoms with van der Waals surface area (Å²) in [5.41, 5.74) is -0.160. The fourth-order valence-electron chi connectivity index (χ4n) is 2.96. The molecule has 0 heterocycles. The molecule has 13 heteroatoms. The molecule has 1 rings (SSSR count). The van der Waals surface area contributed by atoms with E-state index in [-0.39, 0.29) is 23.7 Å². The van der Waals surface area contributed by atoms with Crippen LogP contribution in [0.15, 0.2) is 24.3 Å². The average molecular weight is 482 g/mol. The lowest BCUT2D eigenvalue weighted by Gasteiger charge is -2.26. The summed E-state index contributed by atoms with van der Waals surface area (Å²) >= 11 is 0. The molecule has 0 fully saturated rings. The summed E-state index contributed by atoms with van der Waals surface area (Å²) in [5, 5.41) is 39.1. The first-order valence-corrected chi connectivity index (χ1v) is 10.6. The summed E-state index contributed by atoms with van der Waals surface area (Å²) in [4.78, 5) is 59.2. The number of amides is 4. The molecule has 0 saturated heterocycles. The molecule has 0 aliphatic rings. The van der Waals surface area contributed by atoms with E-state index in [9.17, 15) is 39.5 Å². The van der Waals surface area contributed by atoms with Crippen LogP contribution in [0.1, 0.15) is 34.1 Å². The van der Waals surface area contributed by atoms with Crippen LogP contribution in [0.25, 0.3) is 0 Å². The molecule has 0 saturated carbocycles. The molecule has 1 aromatic carbocycles. The highest BCUT2D eigenvalue weighted by atomic mass is 16.6. The zero-order valence-corrected chi connectivity index (χ0v) is 19.4. The topological polar surface area (TPSA) is 200 Å². The first-order valence-electron chi connectivity index (χ1n) is 10.6. The lowest BCUT2D eigenvalue weighted by molar-refractivity contribution is -0.384. The number of hydrogen-bond donors (Lipinski definition) is 6. The van der Waals surface area contributed by atoms with Crippen molar-refractivity contribution in [1.82, 2.24) is 16.0 Å². The third-order valence-corrected chi connectivity index (χ3v) is 4.69. The van der Waals surface area contributed by atoms with Crippen LogP contribution in [0.2, 0.25) is 0 Å². The fourth-order valence-corrected chi connectivity index (χ4v) is 2.96. The standard InChI is InChI=1S/C21H31N5O8/c1-11(2)8-15(18(28)25-17(12(3)4)20(30)31)23-19(29)16(10-27)24-21(32)22-13-6-5-7-14(9-13)26(33)34/h5-7,9,11-12,15-17,27H,8,10H2,1-4H3,(H,23,29)(H,25,28)(H,30,31)(H2,22,24,32)/t15-,16-,17-/m0/s1. The number of urea groups is 1. The van der Waals surface area contributed by atoms with Gasteiger partial charge in [-0.25, -0.2) is 9.59 Å². The summed E-state index contributed by atoms with van der Waals surface area (Å²) in [6.45, 7) is 6.06. The third kappa shape index (κ3) is 9.02. The van der Waals surface area contributed by atoms with E-state index in [0.29, 0.717) is 0 Å². The number of aliphatic hydroxyl groups excluding tert-OH is 1. The van der Waals surface area contributed by atoms with Crippen molar-refractivity contribution < 1.29 is 34.3 Å². The predicted octanol–water partition coefficient (Wildman–Crippen LogP) is 0.834. The highest BCUT2D eigenvalue weighted by Gasteiger charge is 2.31. The second-order valence-electron chi connectivity index (χ2n) is 8.40. The number of benzene rings is 1. The third-order valence-electron chi connectivity index (χ3n) is 4.69. The van der Waals surface area contributed by atoms with Crippen molar-refractivity contribution in [2.75, 3.05) is 11.9 Å². The number of hydrogen-bond acceptors (Lipinski definition) is 7. The largest absolute Gasteiger partial charge is 0.480 e. The van der Waals surface area contributed by atoms with Gasteiger partial charge in [-0.1, -0.05) is 33.8 Å². The smallest absolute Gasteiger partial charge is 0.326 e. The lowest BCUT2D eigenvalue weighted by Crippen LogP contribution is -2.57. The second kappa shape index (κ2) is 13.1. The first kappa shape index (κ1) is 28.3. The summed E-state index contributed by atoms with van der Waals surface area (Å²) < 4.78 is 0. The number of carboxylic acid groups (broad SMARTS) is 1. The van der Waals surface area contributed by atoms with E-state index < -0.39 is 59.4 Å². The van der Waals surface area contributed by atoms with Crippen molar-refractivity contribution in [3.05, 3.63) is 34.4 Å². The number of rotatable bonds is 12. The molecule has 0 aromatic heterocycles. The van der Waals surface area contributed by atoms with Crippen LogP contribution in [-0.4, -0.2) is 63.7 Å². The van der Waals surface area contributed by atoms with Crippen LogP contribution in [0.3, 0.4) is 0 Å². The molecule has 13 nitrogen and oxygen atoms in total. The van der Waals surface area contributed by atoms with Crippen LogP contribution in [0.4, 0.5) is 16.2 Å². The number of nitrogens with zero attached hydrogens (tertiary/aromatic N) is 1. The Morgan fingerprint density at radius 2 is 1.62 bits per heavy atom. The van der Waals surface area contributed by atoms with Gasteiger partial charge in [0.25, 0.3) is 5.69 Å². The fraction of sp³-hybridized carbons (Fsp3) is 0.524. The van der Waals surface area contributed by atoms with Crippen LogP contribution in [-0.2, 0) is 14.4 Å². The van der Waals surface area contributed by atoms with Gasteiger partial charge in [-0.2, -0.15) is 0 Å². The molecule has 1 aromatic rings. The maximum absolute atomic E-state index is 12.7. The predicted molar refractivity (Wildman–Crippen MR) is 122 cm³/mol. The van der Waals surface area contributed by atoms with Crippen LogP contribution >= 0.6 is 0 Å². The number of nitro groups is 1. The average Bonchev–Trinajstić information content (AvgIpc) is 2.74. The number of nitrogens with one attached hydrogen (secondary N) is 4. The molecule has 4 amide bonds.